The quantitative estimate of drug-likeness (QED) is 0.752. The first-order valence-electron chi connectivity index (χ1n) is 9.20. The van der Waals surface area contributed by atoms with Gasteiger partial charge in [-0.1, -0.05) is 17.7 Å². The van der Waals surface area contributed by atoms with Gasteiger partial charge in [-0.3, -0.25) is 9.59 Å². The van der Waals surface area contributed by atoms with E-state index in [0.717, 1.165) is 4.31 Å². The molecule has 2 aromatic rings. The van der Waals surface area contributed by atoms with E-state index in [1.54, 1.807) is 29.2 Å². The molecule has 8 nitrogen and oxygen atoms in total. The average molecular weight is 452 g/mol. The van der Waals surface area contributed by atoms with E-state index in [2.05, 4.69) is 5.32 Å². The summed E-state index contributed by atoms with van der Waals surface area (Å²) in [6.45, 7) is 2.03. The molecule has 10 heteroatoms. The molecule has 2 amide bonds. The summed E-state index contributed by atoms with van der Waals surface area (Å²) in [6.07, 6.45) is 0. The second-order valence-electron chi connectivity index (χ2n) is 6.87. The number of carbonyl (C=O) groups is 2. The first-order valence-corrected chi connectivity index (χ1v) is 11.0. The Morgan fingerprint density at radius 3 is 2.43 bits per heavy atom. The van der Waals surface area contributed by atoms with Crippen LogP contribution in [0.1, 0.15) is 20.7 Å². The number of ether oxygens (including phenoxy) is 1. The second kappa shape index (κ2) is 9.13. The highest BCUT2D eigenvalue weighted by atomic mass is 35.5. The van der Waals surface area contributed by atoms with Gasteiger partial charge in [-0.2, -0.15) is 0 Å². The summed E-state index contributed by atoms with van der Waals surface area (Å²) in [6, 6.07) is 10.6. The van der Waals surface area contributed by atoms with Gasteiger partial charge in [0.1, 0.15) is 4.90 Å². The van der Waals surface area contributed by atoms with Gasteiger partial charge in [-0.25, -0.2) is 12.7 Å². The molecule has 0 radical (unpaired) electrons. The smallest absolute Gasteiger partial charge is 0.255 e. The third-order valence-electron chi connectivity index (χ3n) is 4.62. The Kier molecular flexibility index (Phi) is 6.77. The number of hydrogen-bond acceptors (Lipinski definition) is 5. The molecule has 3 rings (SSSR count). The van der Waals surface area contributed by atoms with E-state index >= 15 is 0 Å². The van der Waals surface area contributed by atoms with Crippen LogP contribution in [0, 0.1) is 0 Å². The first-order chi connectivity index (χ1) is 14.2. The minimum atomic E-state index is -3.81. The van der Waals surface area contributed by atoms with Crippen molar-refractivity contribution < 1.29 is 22.7 Å². The van der Waals surface area contributed by atoms with Crippen LogP contribution < -0.4 is 5.32 Å². The first kappa shape index (κ1) is 22.2. The Labute approximate surface area is 180 Å². The summed E-state index contributed by atoms with van der Waals surface area (Å²) in [4.78, 5) is 26.9. The number of amides is 2. The Balaban J connectivity index is 1.81. The normalized spacial score (nSPS) is 14.6. The van der Waals surface area contributed by atoms with Crippen LogP contribution >= 0.6 is 11.6 Å². The SMILES string of the molecule is CN(C)S(=O)(=O)c1cc(C(=O)Nc2cccc(C(=O)N3CCOCC3)c2)ccc1Cl. The molecular weight excluding hydrogens is 430 g/mol. The predicted molar refractivity (Wildman–Crippen MR) is 113 cm³/mol. The van der Waals surface area contributed by atoms with Crippen LogP contribution in [0.25, 0.3) is 0 Å². The van der Waals surface area contributed by atoms with Gasteiger partial charge in [0.05, 0.1) is 18.2 Å². The molecule has 0 saturated carbocycles. The zero-order chi connectivity index (χ0) is 21.9. The number of benzene rings is 2. The molecule has 2 aromatic carbocycles. The lowest BCUT2D eigenvalue weighted by Gasteiger charge is -2.27. The molecular formula is C20H22ClN3O5S. The number of morpholine rings is 1. The number of nitrogens with one attached hydrogen (secondary N) is 1. The Morgan fingerprint density at radius 2 is 1.77 bits per heavy atom. The summed E-state index contributed by atoms with van der Waals surface area (Å²) in [7, 11) is -1.04. The lowest BCUT2D eigenvalue weighted by Crippen LogP contribution is -2.40. The fraction of sp³-hybridized carbons (Fsp3) is 0.300. The van der Waals surface area contributed by atoms with Gasteiger partial charge in [0, 0.05) is 44.0 Å². The highest BCUT2D eigenvalue weighted by Gasteiger charge is 2.23. The molecule has 0 aromatic heterocycles. The van der Waals surface area contributed by atoms with Gasteiger partial charge in [-0.15, -0.1) is 0 Å². The van der Waals surface area contributed by atoms with E-state index in [9.17, 15) is 18.0 Å². The van der Waals surface area contributed by atoms with Crippen molar-refractivity contribution >= 4 is 39.1 Å². The van der Waals surface area contributed by atoms with Crippen molar-refractivity contribution in [3.05, 3.63) is 58.6 Å². The predicted octanol–water partition coefficient (Wildman–Crippen LogP) is 2.32. The minimum absolute atomic E-state index is 0.0263. The highest BCUT2D eigenvalue weighted by Crippen LogP contribution is 2.25. The summed E-state index contributed by atoms with van der Waals surface area (Å²) >= 11 is 6.03. The van der Waals surface area contributed by atoms with Gasteiger partial charge in [0.15, 0.2) is 0 Å². The highest BCUT2D eigenvalue weighted by molar-refractivity contribution is 7.89. The third-order valence-corrected chi connectivity index (χ3v) is 6.91. The maximum absolute atomic E-state index is 12.7. The minimum Gasteiger partial charge on any atom is -0.378 e. The standard InChI is InChI=1S/C20H22ClN3O5S/c1-23(2)30(27,28)18-13-14(6-7-17(18)21)19(25)22-16-5-3-4-15(12-16)20(26)24-8-10-29-11-9-24/h3-7,12-13H,8-11H2,1-2H3,(H,22,25). The molecule has 1 heterocycles. The molecule has 1 saturated heterocycles. The van der Waals surface area contributed by atoms with E-state index in [-0.39, 0.29) is 21.4 Å². The molecule has 1 N–H and O–H groups in total. The van der Waals surface area contributed by atoms with Crippen molar-refractivity contribution in [3.8, 4) is 0 Å². The molecule has 0 unspecified atom stereocenters. The number of anilines is 1. The van der Waals surface area contributed by atoms with Crippen molar-refractivity contribution in [1.29, 1.82) is 0 Å². The maximum atomic E-state index is 12.7. The largest absolute Gasteiger partial charge is 0.378 e. The van der Waals surface area contributed by atoms with E-state index in [4.69, 9.17) is 16.3 Å². The Bertz CT molecular complexity index is 1070. The molecule has 160 valence electrons. The molecule has 1 fully saturated rings. The van der Waals surface area contributed by atoms with Crippen molar-refractivity contribution in [2.24, 2.45) is 0 Å². The molecule has 1 aliphatic heterocycles. The van der Waals surface area contributed by atoms with Crippen molar-refractivity contribution in [1.82, 2.24) is 9.21 Å². The lowest BCUT2D eigenvalue weighted by atomic mass is 10.1. The van der Waals surface area contributed by atoms with Gasteiger partial charge >= 0.3 is 0 Å². The van der Waals surface area contributed by atoms with Crippen LogP contribution in [0.4, 0.5) is 5.69 Å². The number of sulfonamides is 1. The summed E-state index contributed by atoms with van der Waals surface area (Å²) in [5.41, 5.74) is 0.998. The van der Waals surface area contributed by atoms with Crippen LogP contribution in [-0.2, 0) is 14.8 Å². The molecule has 30 heavy (non-hydrogen) atoms. The fourth-order valence-corrected chi connectivity index (χ4v) is 4.32. The van der Waals surface area contributed by atoms with Crippen molar-refractivity contribution in [3.63, 3.8) is 0 Å². The zero-order valence-corrected chi connectivity index (χ0v) is 18.2. The summed E-state index contributed by atoms with van der Waals surface area (Å²) in [5.74, 6) is -0.655. The van der Waals surface area contributed by atoms with Crippen LogP contribution in [0.3, 0.4) is 0 Å². The van der Waals surface area contributed by atoms with Crippen LogP contribution in [-0.4, -0.2) is 69.8 Å². The third kappa shape index (κ3) is 4.81. The van der Waals surface area contributed by atoms with Gasteiger partial charge in [-0.05, 0) is 36.4 Å². The average Bonchev–Trinajstić information content (AvgIpc) is 2.74. The number of nitrogens with zero attached hydrogens (tertiary/aromatic N) is 2. The molecule has 1 aliphatic rings. The maximum Gasteiger partial charge on any atom is 0.255 e. The van der Waals surface area contributed by atoms with E-state index < -0.39 is 15.9 Å². The van der Waals surface area contributed by atoms with E-state index in [0.29, 0.717) is 37.6 Å². The summed E-state index contributed by atoms with van der Waals surface area (Å²) < 4.78 is 31.1. The van der Waals surface area contributed by atoms with Gasteiger partial charge < -0.3 is 15.0 Å². The number of halogens is 1. The van der Waals surface area contributed by atoms with Crippen molar-refractivity contribution in [2.45, 2.75) is 4.90 Å². The van der Waals surface area contributed by atoms with Crippen molar-refractivity contribution in [2.75, 3.05) is 45.7 Å². The monoisotopic (exact) mass is 451 g/mol. The molecule has 0 bridgehead atoms. The topological polar surface area (TPSA) is 96.0 Å². The fourth-order valence-electron chi connectivity index (χ4n) is 2.92. The van der Waals surface area contributed by atoms with Crippen LogP contribution in [0.5, 0.6) is 0 Å². The van der Waals surface area contributed by atoms with E-state index in [1.165, 1.54) is 32.3 Å². The summed E-state index contributed by atoms with van der Waals surface area (Å²) in [5, 5.41) is 2.72. The van der Waals surface area contributed by atoms with Crippen LogP contribution in [0.15, 0.2) is 47.4 Å². The van der Waals surface area contributed by atoms with E-state index in [1.807, 2.05) is 0 Å². The number of rotatable bonds is 5. The van der Waals surface area contributed by atoms with Crippen LogP contribution in [0.2, 0.25) is 5.02 Å². The Hall–Kier alpha value is -2.46. The number of carbonyl (C=O) groups excluding carboxylic acids is 2. The zero-order valence-electron chi connectivity index (χ0n) is 16.6. The molecule has 0 aliphatic carbocycles. The second-order valence-corrected chi connectivity index (χ2v) is 9.40. The van der Waals surface area contributed by atoms with Gasteiger partial charge in [0.25, 0.3) is 11.8 Å². The molecule has 0 atom stereocenters. The lowest BCUT2D eigenvalue weighted by molar-refractivity contribution is 0.0303. The van der Waals surface area contributed by atoms with Gasteiger partial charge in [0.2, 0.25) is 10.0 Å². The number of hydrogen-bond donors (Lipinski definition) is 1. The Morgan fingerprint density at radius 1 is 1.07 bits per heavy atom. The molecule has 0 spiro atoms.